The number of nitrogens with zero attached hydrogens (tertiary/aromatic N) is 1. The van der Waals surface area contributed by atoms with E-state index in [2.05, 4.69) is 4.98 Å². The Morgan fingerprint density at radius 2 is 2.06 bits per heavy atom. The fourth-order valence-electron chi connectivity index (χ4n) is 1.50. The van der Waals surface area contributed by atoms with E-state index in [1.807, 2.05) is 0 Å². The van der Waals surface area contributed by atoms with E-state index < -0.39 is 11.6 Å². The van der Waals surface area contributed by atoms with E-state index in [0.29, 0.717) is 15.6 Å². The summed E-state index contributed by atoms with van der Waals surface area (Å²) in [6.45, 7) is 3.10. The van der Waals surface area contributed by atoms with Gasteiger partial charge >= 0.3 is 0 Å². The minimum absolute atomic E-state index is 0.0885. The fraction of sp³-hybridized carbons (Fsp3) is 0.167. The lowest BCUT2D eigenvalue weighted by atomic mass is 10.2. The lowest BCUT2D eigenvalue weighted by molar-refractivity contribution is 0.102. The Bertz CT molecular complexity index is 592. The maximum atomic E-state index is 13.5. The minimum atomic E-state index is -0.546. The zero-order chi connectivity index (χ0) is 12.6. The van der Waals surface area contributed by atoms with Crippen LogP contribution in [-0.4, -0.2) is 10.8 Å². The highest BCUT2D eigenvalue weighted by molar-refractivity contribution is 7.17. The highest BCUT2D eigenvalue weighted by Crippen LogP contribution is 2.30. The summed E-state index contributed by atoms with van der Waals surface area (Å²) in [5.41, 5.74) is 0.631. The summed E-state index contributed by atoms with van der Waals surface area (Å²) < 4.78 is 26.6. The molecule has 0 N–H and O–H groups in total. The Kier molecular flexibility index (Phi) is 3.02. The van der Waals surface area contributed by atoms with Crippen molar-refractivity contribution in [2.45, 2.75) is 13.8 Å². The van der Waals surface area contributed by atoms with Crippen LogP contribution in [0.2, 0.25) is 0 Å². The van der Waals surface area contributed by atoms with Crippen LogP contribution in [0.15, 0.2) is 18.2 Å². The molecule has 0 spiro atoms. The van der Waals surface area contributed by atoms with E-state index in [-0.39, 0.29) is 11.3 Å². The number of hydrogen-bond acceptors (Lipinski definition) is 3. The standard InChI is InChI=1S/C12H9F2NOS/c1-6-11(7(2)16)17-12(15-6)9-5-8(13)3-4-10(9)14/h3-5H,1-2H3. The maximum Gasteiger partial charge on any atom is 0.171 e. The van der Waals surface area contributed by atoms with Gasteiger partial charge in [0, 0.05) is 12.5 Å². The van der Waals surface area contributed by atoms with E-state index in [1.165, 1.54) is 6.92 Å². The molecular weight excluding hydrogens is 244 g/mol. The molecule has 0 aliphatic rings. The summed E-state index contributed by atoms with van der Waals surface area (Å²) >= 11 is 1.08. The number of ketones is 1. The van der Waals surface area contributed by atoms with Crippen molar-refractivity contribution in [1.29, 1.82) is 0 Å². The molecule has 0 unspecified atom stereocenters. The van der Waals surface area contributed by atoms with Crippen molar-refractivity contribution >= 4 is 17.1 Å². The van der Waals surface area contributed by atoms with Gasteiger partial charge in [-0.2, -0.15) is 0 Å². The van der Waals surface area contributed by atoms with Crippen LogP contribution in [0.25, 0.3) is 10.6 Å². The van der Waals surface area contributed by atoms with Crippen LogP contribution in [0.4, 0.5) is 8.78 Å². The number of rotatable bonds is 2. The fourth-order valence-corrected chi connectivity index (χ4v) is 2.48. The maximum absolute atomic E-state index is 13.5. The van der Waals surface area contributed by atoms with Crippen LogP contribution in [-0.2, 0) is 0 Å². The van der Waals surface area contributed by atoms with Crippen molar-refractivity contribution < 1.29 is 13.6 Å². The minimum Gasteiger partial charge on any atom is -0.294 e. The molecule has 88 valence electrons. The molecule has 0 bridgehead atoms. The first-order valence-corrected chi connectivity index (χ1v) is 5.74. The van der Waals surface area contributed by atoms with E-state index in [0.717, 1.165) is 29.5 Å². The molecule has 1 aromatic carbocycles. The number of thiazole rings is 1. The van der Waals surface area contributed by atoms with Crippen LogP contribution >= 0.6 is 11.3 Å². The Morgan fingerprint density at radius 1 is 1.35 bits per heavy atom. The van der Waals surface area contributed by atoms with Crippen LogP contribution < -0.4 is 0 Å². The largest absolute Gasteiger partial charge is 0.294 e. The van der Waals surface area contributed by atoms with Gasteiger partial charge in [0.25, 0.3) is 0 Å². The number of carbonyl (C=O) groups excluding carboxylic acids is 1. The van der Waals surface area contributed by atoms with Gasteiger partial charge in [0.05, 0.1) is 10.6 Å². The molecule has 0 radical (unpaired) electrons. The highest BCUT2D eigenvalue weighted by atomic mass is 32.1. The Hall–Kier alpha value is -1.62. The second-order valence-electron chi connectivity index (χ2n) is 3.61. The summed E-state index contributed by atoms with van der Waals surface area (Å²) in [6.07, 6.45) is 0. The predicted octanol–water partition coefficient (Wildman–Crippen LogP) is 3.60. The molecule has 0 atom stereocenters. The number of halogens is 2. The van der Waals surface area contributed by atoms with Gasteiger partial charge in [-0.25, -0.2) is 13.8 Å². The van der Waals surface area contributed by atoms with Crippen LogP contribution in [0.3, 0.4) is 0 Å². The number of carbonyl (C=O) groups is 1. The molecule has 2 rings (SSSR count). The Balaban J connectivity index is 2.57. The summed E-state index contributed by atoms with van der Waals surface area (Å²) in [6, 6.07) is 3.18. The highest BCUT2D eigenvalue weighted by Gasteiger charge is 2.15. The van der Waals surface area contributed by atoms with Gasteiger partial charge < -0.3 is 0 Å². The molecule has 0 amide bonds. The molecule has 2 nitrogen and oxygen atoms in total. The average Bonchev–Trinajstić information content (AvgIpc) is 2.64. The van der Waals surface area contributed by atoms with Gasteiger partial charge in [0.1, 0.15) is 16.6 Å². The number of aryl methyl sites for hydroxylation is 1. The summed E-state index contributed by atoms with van der Waals surface area (Å²) in [5.74, 6) is -1.20. The molecule has 17 heavy (non-hydrogen) atoms. The average molecular weight is 253 g/mol. The normalized spacial score (nSPS) is 10.6. The number of benzene rings is 1. The lowest BCUT2D eigenvalue weighted by Gasteiger charge is -1.98. The Morgan fingerprint density at radius 3 is 2.65 bits per heavy atom. The number of aromatic nitrogens is 1. The van der Waals surface area contributed by atoms with Gasteiger partial charge in [0.2, 0.25) is 0 Å². The molecule has 1 aromatic heterocycles. The van der Waals surface area contributed by atoms with Gasteiger partial charge in [-0.15, -0.1) is 11.3 Å². The van der Waals surface area contributed by atoms with Crippen LogP contribution in [0.1, 0.15) is 22.3 Å². The van der Waals surface area contributed by atoms with Gasteiger partial charge in [-0.1, -0.05) is 0 Å². The van der Waals surface area contributed by atoms with Crippen molar-refractivity contribution in [3.05, 3.63) is 40.4 Å². The third kappa shape index (κ3) is 2.24. The van der Waals surface area contributed by atoms with Crippen molar-refractivity contribution in [1.82, 2.24) is 4.98 Å². The molecule has 0 aliphatic heterocycles. The van der Waals surface area contributed by atoms with E-state index in [1.54, 1.807) is 6.92 Å². The van der Waals surface area contributed by atoms with E-state index >= 15 is 0 Å². The second-order valence-corrected chi connectivity index (χ2v) is 4.61. The summed E-state index contributed by atoms with van der Waals surface area (Å²) in [4.78, 5) is 15.8. The summed E-state index contributed by atoms with van der Waals surface area (Å²) in [7, 11) is 0. The van der Waals surface area contributed by atoms with Crippen molar-refractivity contribution in [3.63, 3.8) is 0 Å². The van der Waals surface area contributed by atoms with Crippen LogP contribution in [0, 0.1) is 18.6 Å². The zero-order valence-electron chi connectivity index (χ0n) is 9.25. The smallest absolute Gasteiger partial charge is 0.171 e. The predicted molar refractivity (Wildman–Crippen MR) is 62.2 cm³/mol. The third-order valence-electron chi connectivity index (χ3n) is 2.28. The first-order chi connectivity index (χ1) is 7.99. The van der Waals surface area contributed by atoms with Crippen molar-refractivity contribution in [2.75, 3.05) is 0 Å². The second kappa shape index (κ2) is 4.33. The van der Waals surface area contributed by atoms with Crippen molar-refractivity contribution in [3.8, 4) is 10.6 Å². The summed E-state index contributed by atoms with van der Waals surface area (Å²) in [5, 5.41) is 0.324. The molecule has 0 saturated heterocycles. The molecule has 1 heterocycles. The van der Waals surface area contributed by atoms with Crippen LogP contribution in [0.5, 0.6) is 0 Å². The first kappa shape index (κ1) is 11.9. The molecular formula is C12H9F2NOS. The SMILES string of the molecule is CC(=O)c1sc(-c2cc(F)ccc2F)nc1C. The number of hydrogen-bond donors (Lipinski definition) is 0. The van der Waals surface area contributed by atoms with Gasteiger partial charge in [-0.3, -0.25) is 4.79 Å². The molecule has 5 heteroatoms. The zero-order valence-corrected chi connectivity index (χ0v) is 10.1. The molecule has 0 aliphatic carbocycles. The number of Topliss-reactive ketones (excluding diaryl/α,β-unsaturated/α-hetero) is 1. The molecule has 2 aromatic rings. The first-order valence-electron chi connectivity index (χ1n) is 4.93. The lowest BCUT2D eigenvalue weighted by Crippen LogP contribution is -1.89. The third-order valence-corrected chi connectivity index (χ3v) is 3.57. The van der Waals surface area contributed by atoms with Gasteiger partial charge in [0.15, 0.2) is 5.78 Å². The van der Waals surface area contributed by atoms with Gasteiger partial charge in [-0.05, 0) is 25.1 Å². The monoisotopic (exact) mass is 253 g/mol. The van der Waals surface area contributed by atoms with Crippen molar-refractivity contribution in [2.24, 2.45) is 0 Å². The molecule has 0 saturated carbocycles. The van der Waals surface area contributed by atoms with E-state index in [4.69, 9.17) is 0 Å². The quantitative estimate of drug-likeness (QED) is 0.765. The molecule has 0 fully saturated rings. The van der Waals surface area contributed by atoms with E-state index in [9.17, 15) is 13.6 Å². The topological polar surface area (TPSA) is 30.0 Å². The Labute approximate surface area is 101 Å².